The Kier molecular flexibility index (Phi) is 19.3. The summed E-state index contributed by atoms with van der Waals surface area (Å²) < 4.78 is 88.1. The molecule has 1 fully saturated rings. The summed E-state index contributed by atoms with van der Waals surface area (Å²) in [5.41, 5.74) is -0.0755. The van der Waals surface area contributed by atoms with E-state index in [2.05, 4.69) is 5.32 Å². The van der Waals surface area contributed by atoms with Gasteiger partial charge in [0.1, 0.15) is 6.61 Å². The van der Waals surface area contributed by atoms with E-state index < -0.39 is 17.7 Å². The maximum Gasteiger partial charge on any atom is 0.416 e. The number of ether oxygens (including phenoxy) is 9. The van der Waals surface area contributed by atoms with Crippen molar-refractivity contribution in [2.45, 2.75) is 31.7 Å². The van der Waals surface area contributed by atoms with Crippen LogP contribution in [0.2, 0.25) is 0 Å². The second-order valence-electron chi connectivity index (χ2n) is 10.2. The van der Waals surface area contributed by atoms with Gasteiger partial charge in [0.05, 0.1) is 103 Å². The first-order chi connectivity index (χ1) is 22.9. The molecule has 2 aromatic rings. The zero-order valence-corrected chi connectivity index (χ0v) is 26.6. The van der Waals surface area contributed by atoms with E-state index in [0.717, 1.165) is 38.0 Å². The van der Waals surface area contributed by atoms with Gasteiger partial charge < -0.3 is 47.9 Å². The molecule has 0 aromatic heterocycles. The number of anilines is 2. The highest BCUT2D eigenvalue weighted by molar-refractivity contribution is 5.96. The van der Waals surface area contributed by atoms with Crippen molar-refractivity contribution in [3.63, 3.8) is 0 Å². The highest BCUT2D eigenvalue weighted by Gasteiger charge is 2.30. The van der Waals surface area contributed by atoms with Crippen LogP contribution in [0.4, 0.5) is 24.5 Å². The van der Waals surface area contributed by atoms with E-state index >= 15 is 0 Å². The van der Waals surface area contributed by atoms with Crippen LogP contribution >= 0.6 is 0 Å². The van der Waals surface area contributed by atoms with Crippen molar-refractivity contribution >= 4 is 17.3 Å². The van der Waals surface area contributed by atoms with E-state index in [0.29, 0.717) is 85.0 Å². The third-order valence-corrected chi connectivity index (χ3v) is 6.61. The molecule has 1 atom stereocenters. The largest absolute Gasteiger partial charge is 0.460 e. The van der Waals surface area contributed by atoms with Gasteiger partial charge in [-0.2, -0.15) is 13.2 Å². The van der Waals surface area contributed by atoms with Crippen LogP contribution in [0, 0.1) is 0 Å². The molecule has 0 spiro atoms. The minimum atomic E-state index is -4.47. The number of esters is 1. The summed E-state index contributed by atoms with van der Waals surface area (Å²) in [5.74, 6) is -0.624. The van der Waals surface area contributed by atoms with E-state index in [-0.39, 0.29) is 30.8 Å². The second-order valence-corrected chi connectivity index (χ2v) is 10.2. The van der Waals surface area contributed by atoms with Crippen LogP contribution in [-0.4, -0.2) is 111 Å². The number of para-hydroxylation sites is 1. The number of rotatable bonds is 25. The van der Waals surface area contributed by atoms with E-state index in [1.807, 2.05) is 0 Å². The molecule has 1 aliphatic rings. The van der Waals surface area contributed by atoms with Gasteiger partial charge in [-0.25, -0.2) is 4.79 Å². The molecule has 14 heteroatoms. The minimum absolute atomic E-state index is 0.00458. The molecule has 2 aromatic carbocycles. The fraction of sp³-hybridized carbons (Fsp3) is 0.606. The van der Waals surface area contributed by atoms with Gasteiger partial charge in [0.15, 0.2) is 6.29 Å². The number of benzene rings is 2. The molecular weight excluding hydrogens is 627 g/mol. The van der Waals surface area contributed by atoms with Crippen LogP contribution in [-0.2, 0) is 48.8 Å². The van der Waals surface area contributed by atoms with Gasteiger partial charge in [0, 0.05) is 12.3 Å². The van der Waals surface area contributed by atoms with Crippen molar-refractivity contribution in [2.75, 3.05) is 104 Å². The summed E-state index contributed by atoms with van der Waals surface area (Å²) in [7, 11) is 0. The Morgan fingerprint density at radius 1 is 0.702 bits per heavy atom. The summed E-state index contributed by atoms with van der Waals surface area (Å²) in [6.07, 6.45) is -1.37. The fourth-order valence-electron chi connectivity index (χ4n) is 4.25. The van der Waals surface area contributed by atoms with Gasteiger partial charge in [0.25, 0.3) is 0 Å². The Morgan fingerprint density at radius 3 is 1.81 bits per heavy atom. The Morgan fingerprint density at radius 2 is 1.26 bits per heavy atom. The zero-order valence-electron chi connectivity index (χ0n) is 26.6. The third kappa shape index (κ3) is 17.2. The molecule has 11 nitrogen and oxygen atoms in total. The second kappa shape index (κ2) is 23.5. The summed E-state index contributed by atoms with van der Waals surface area (Å²) in [4.78, 5) is 12.6. The van der Waals surface area contributed by atoms with Gasteiger partial charge in [-0.1, -0.05) is 18.2 Å². The SMILES string of the molecule is O=C(OCCOCCOCCOCCOCCOCCOCCOC1CCCCO1)c1ccccc1Nc1cccc(C(F)(F)F)c1. The van der Waals surface area contributed by atoms with Crippen molar-refractivity contribution in [2.24, 2.45) is 0 Å². The molecule has 0 saturated carbocycles. The molecule has 0 aliphatic carbocycles. The van der Waals surface area contributed by atoms with E-state index in [1.165, 1.54) is 18.2 Å². The summed E-state index contributed by atoms with van der Waals surface area (Å²) in [6.45, 7) is 6.27. The predicted octanol–water partition coefficient (Wildman–Crippen LogP) is 5.25. The lowest BCUT2D eigenvalue weighted by atomic mass is 10.1. The van der Waals surface area contributed by atoms with Crippen molar-refractivity contribution < 1.29 is 60.6 Å². The Hall–Kier alpha value is -2.82. The smallest absolute Gasteiger partial charge is 0.416 e. The first kappa shape index (κ1) is 38.6. The molecular formula is C33H46F3NO10. The highest BCUT2D eigenvalue weighted by atomic mass is 19.4. The molecule has 3 rings (SSSR count). The highest BCUT2D eigenvalue weighted by Crippen LogP contribution is 2.32. The molecule has 1 saturated heterocycles. The van der Waals surface area contributed by atoms with Crippen molar-refractivity contribution in [3.05, 3.63) is 59.7 Å². The van der Waals surface area contributed by atoms with Crippen LogP contribution < -0.4 is 5.32 Å². The lowest BCUT2D eigenvalue weighted by Gasteiger charge is -2.22. The van der Waals surface area contributed by atoms with Crippen LogP contribution in [0.15, 0.2) is 48.5 Å². The van der Waals surface area contributed by atoms with Gasteiger partial charge in [0.2, 0.25) is 0 Å². The van der Waals surface area contributed by atoms with E-state index in [1.54, 1.807) is 18.2 Å². The maximum absolute atomic E-state index is 13.0. The molecule has 0 radical (unpaired) electrons. The van der Waals surface area contributed by atoms with Gasteiger partial charge in [-0.05, 0) is 49.6 Å². The van der Waals surface area contributed by atoms with Crippen LogP contribution in [0.3, 0.4) is 0 Å². The lowest BCUT2D eigenvalue weighted by Crippen LogP contribution is -2.24. The number of hydrogen-bond acceptors (Lipinski definition) is 11. The first-order valence-corrected chi connectivity index (χ1v) is 15.8. The summed E-state index contributed by atoms with van der Waals surface area (Å²) in [5, 5.41) is 2.86. The molecule has 47 heavy (non-hydrogen) atoms. The number of hydrogen-bond donors (Lipinski definition) is 1. The fourth-order valence-corrected chi connectivity index (χ4v) is 4.25. The molecule has 0 bridgehead atoms. The quantitative estimate of drug-likeness (QED) is 0.110. The number of carbonyl (C=O) groups excluding carboxylic acids is 1. The molecule has 264 valence electrons. The molecule has 1 heterocycles. The zero-order chi connectivity index (χ0) is 33.4. The van der Waals surface area contributed by atoms with Gasteiger partial charge in [-0.15, -0.1) is 0 Å². The maximum atomic E-state index is 13.0. The standard InChI is InChI=1S/C33H46F3NO10/c34-33(35,36)27-6-5-7-28(26-27)37-30-9-2-1-8-29(30)32(38)47-25-23-44-21-19-42-17-15-40-13-12-39-14-16-41-18-20-43-22-24-46-31-10-3-4-11-45-31/h1-2,5-9,26,31,37H,3-4,10-25H2. The molecule has 1 N–H and O–H groups in total. The molecule has 0 amide bonds. The van der Waals surface area contributed by atoms with Gasteiger partial charge >= 0.3 is 12.1 Å². The Balaban J connectivity index is 1.08. The van der Waals surface area contributed by atoms with E-state index in [4.69, 9.17) is 42.6 Å². The van der Waals surface area contributed by atoms with Gasteiger partial charge in [-0.3, -0.25) is 0 Å². The monoisotopic (exact) mass is 673 g/mol. The van der Waals surface area contributed by atoms with E-state index in [9.17, 15) is 18.0 Å². The average molecular weight is 674 g/mol. The topological polar surface area (TPSA) is 112 Å². The summed E-state index contributed by atoms with van der Waals surface area (Å²) in [6, 6.07) is 11.2. The van der Waals surface area contributed by atoms with Crippen LogP contribution in [0.1, 0.15) is 35.2 Å². The van der Waals surface area contributed by atoms with Crippen LogP contribution in [0.25, 0.3) is 0 Å². The number of halogens is 3. The summed E-state index contributed by atoms with van der Waals surface area (Å²) >= 11 is 0. The predicted molar refractivity (Wildman–Crippen MR) is 166 cm³/mol. The first-order valence-electron chi connectivity index (χ1n) is 15.8. The third-order valence-electron chi connectivity index (χ3n) is 6.61. The van der Waals surface area contributed by atoms with Crippen LogP contribution in [0.5, 0.6) is 0 Å². The Labute approximate surface area is 273 Å². The normalized spacial score (nSPS) is 15.1. The lowest BCUT2D eigenvalue weighted by molar-refractivity contribution is -0.169. The molecule has 1 aliphatic heterocycles. The van der Waals surface area contributed by atoms with Crippen molar-refractivity contribution in [1.29, 1.82) is 0 Å². The molecule has 1 unspecified atom stereocenters. The Bertz CT molecular complexity index is 1120. The van der Waals surface area contributed by atoms with Crippen molar-refractivity contribution in [1.82, 2.24) is 0 Å². The number of alkyl halides is 3. The minimum Gasteiger partial charge on any atom is -0.460 e. The van der Waals surface area contributed by atoms with Crippen molar-refractivity contribution in [3.8, 4) is 0 Å². The number of carbonyl (C=O) groups is 1. The number of nitrogens with one attached hydrogen (secondary N) is 1. The average Bonchev–Trinajstić information content (AvgIpc) is 3.07.